The molecule has 3 heteroatoms. The number of rotatable bonds is 5. The van der Waals surface area contributed by atoms with Crippen LogP contribution in [-0.4, -0.2) is 30.5 Å². The molecule has 0 amide bonds. The summed E-state index contributed by atoms with van der Waals surface area (Å²) in [6, 6.07) is 10.6. The lowest BCUT2D eigenvalue weighted by Gasteiger charge is -2.34. The Hall–Kier alpha value is -0.900. The van der Waals surface area contributed by atoms with Gasteiger partial charge in [-0.25, -0.2) is 0 Å². The minimum Gasteiger partial charge on any atom is -0.394 e. The number of benzene rings is 1. The first-order valence-corrected chi connectivity index (χ1v) is 7.24. The number of aliphatic hydroxyl groups is 1. The molecule has 1 aromatic rings. The molecular weight excluding hydrogens is 238 g/mol. The summed E-state index contributed by atoms with van der Waals surface area (Å²) < 4.78 is 5.79. The molecule has 1 fully saturated rings. The minimum atomic E-state index is 0.0251. The highest BCUT2D eigenvalue weighted by atomic mass is 16.5. The van der Waals surface area contributed by atoms with Gasteiger partial charge in [0.15, 0.2) is 0 Å². The maximum Gasteiger partial charge on any atom is 0.0626 e. The van der Waals surface area contributed by atoms with Crippen LogP contribution in [0.4, 0.5) is 0 Å². The molecule has 1 aliphatic heterocycles. The van der Waals surface area contributed by atoms with Crippen LogP contribution in [0.5, 0.6) is 0 Å². The Morgan fingerprint density at radius 3 is 2.68 bits per heavy atom. The van der Waals surface area contributed by atoms with Gasteiger partial charge in [0.2, 0.25) is 0 Å². The Balaban J connectivity index is 1.95. The Morgan fingerprint density at radius 1 is 1.32 bits per heavy atom. The number of nitrogens with one attached hydrogen (secondary N) is 1. The van der Waals surface area contributed by atoms with E-state index in [2.05, 4.69) is 31.3 Å². The summed E-state index contributed by atoms with van der Waals surface area (Å²) in [5.41, 5.74) is 1.15. The van der Waals surface area contributed by atoms with Crippen molar-refractivity contribution in [3.8, 4) is 0 Å². The molecule has 3 nitrogen and oxygen atoms in total. The maximum absolute atomic E-state index is 9.59. The molecule has 0 aliphatic carbocycles. The molecular formula is C16H25NO2. The van der Waals surface area contributed by atoms with E-state index in [0.29, 0.717) is 18.1 Å². The van der Waals surface area contributed by atoms with Crippen molar-refractivity contribution in [2.75, 3.05) is 13.2 Å². The zero-order valence-electron chi connectivity index (χ0n) is 11.9. The smallest absolute Gasteiger partial charge is 0.0626 e. The van der Waals surface area contributed by atoms with Crippen LogP contribution in [0.15, 0.2) is 30.3 Å². The van der Waals surface area contributed by atoms with Gasteiger partial charge in [0.1, 0.15) is 0 Å². The van der Waals surface area contributed by atoms with Crippen molar-refractivity contribution >= 4 is 0 Å². The number of ether oxygens (including phenoxy) is 1. The standard InChI is InChI=1S/C16H25NO2/c1-12(2)16-10-14(8-9-19-16)17-15(11-18)13-6-4-3-5-7-13/h3-7,12,14-18H,8-11H2,1-2H3/t14?,15-,16?/m0/s1. The van der Waals surface area contributed by atoms with Gasteiger partial charge in [-0.3, -0.25) is 0 Å². The van der Waals surface area contributed by atoms with Gasteiger partial charge in [0.25, 0.3) is 0 Å². The number of hydrogen-bond acceptors (Lipinski definition) is 3. The predicted molar refractivity (Wildman–Crippen MR) is 77.0 cm³/mol. The molecule has 1 aromatic carbocycles. The second kappa shape index (κ2) is 7.04. The van der Waals surface area contributed by atoms with E-state index >= 15 is 0 Å². The summed E-state index contributed by atoms with van der Waals surface area (Å²) in [7, 11) is 0. The van der Waals surface area contributed by atoms with Crippen molar-refractivity contribution in [1.29, 1.82) is 0 Å². The second-order valence-electron chi connectivity index (χ2n) is 5.69. The topological polar surface area (TPSA) is 41.5 Å². The molecule has 19 heavy (non-hydrogen) atoms. The fourth-order valence-corrected chi connectivity index (χ4v) is 2.67. The van der Waals surface area contributed by atoms with Crippen LogP contribution < -0.4 is 5.32 Å². The van der Waals surface area contributed by atoms with Crippen molar-refractivity contribution in [2.45, 2.75) is 44.9 Å². The highest BCUT2D eigenvalue weighted by Gasteiger charge is 2.26. The number of hydrogen-bond donors (Lipinski definition) is 2. The lowest BCUT2D eigenvalue weighted by molar-refractivity contribution is -0.0269. The average molecular weight is 263 g/mol. The summed E-state index contributed by atoms with van der Waals surface area (Å²) >= 11 is 0. The van der Waals surface area contributed by atoms with Crippen LogP contribution in [0.25, 0.3) is 0 Å². The van der Waals surface area contributed by atoms with E-state index in [1.54, 1.807) is 0 Å². The highest BCUT2D eigenvalue weighted by molar-refractivity contribution is 5.19. The molecule has 3 atom stereocenters. The average Bonchev–Trinajstić information content (AvgIpc) is 2.46. The zero-order valence-corrected chi connectivity index (χ0v) is 11.9. The lowest BCUT2D eigenvalue weighted by atomic mass is 9.94. The van der Waals surface area contributed by atoms with Gasteiger partial charge in [-0.2, -0.15) is 0 Å². The number of aliphatic hydroxyl groups excluding tert-OH is 1. The molecule has 0 spiro atoms. The van der Waals surface area contributed by atoms with E-state index in [0.717, 1.165) is 25.0 Å². The molecule has 0 bridgehead atoms. The van der Waals surface area contributed by atoms with E-state index < -0.39 is 0 Å². The van der Waals surface area contributed by atoms with Crippen molar-refractivity contribution in [3.63, 3.8) is 0 Å². The summed E-state index contributed by atoms with van der Waals surface area (Å²) in [4.78, 5) is 0. The van der Waals surface area contributed by atoms with Crippen LogP contribution in [0, 0.1) is 5.92 Å². The van der Waals surface area contributed by atoms with Gasteiger partial charge in [-0.1, -0.05) is 44.2 Å². The normalized spacial score (nSPS) is 25.5. The van der Waals surface area contributed by atoms with E-state index in [9.17, 15) is 5.11 Å². The first kappa shape index (κ1) is 14.5. The summed E-state index contributed by atoms with van der Waals surface area (Å²) in [6.45, 7) is 5.35. The van der Waals surface area contributed by atoms with E-state index in [1.807, 2.05) is 18.2 Å². The van der Waals surface area contributed by atoms with E-state index in [-0.39, 0.29) is 12.6 Å². The van der Waals surface area contributed by atoms with Gasteiger partial charge in [-0.05, 0) is 24.3 Å². The second-order valence-corrected chi connectivity index (χ2v) is 5.69. The third-order valence-corrected chi connectivity index (χ3v) is 3.88. The monoisotopic (exact) mass is 263 g/mol. The van der Waals surface area contributed by atoms with Crippen molar-refractivity contribution in [2.24, 2.45) is 5.92 Å². The Kier molecular flexibility index (Phi) is 5.37. The zero-order chi connectivity index (χ0) is 13.7. The van der Waals surface area contributed by atoms with E-state index in [1.165, 1.54) is 0 Å². The highest BCUT2D eigenvalue weighted by Crippen LogP contribution is 2.22. The van der Waals surface area contributed by atoms with Crippen molar-refractivity contribution in [3.05, 3.63) is 35.9 Å². The summed E-state index contributed by atoms with van der Waals surface area (Å²) in [5, 5.41) is 13.2. The predicted octanol–water partition coefficient (Wildman–Crippen LogP) is 2.51. The maximum atomic E-state index is 9.59. The first-order valence-electron chi connectivity index (χ1n) is 7.24. The Labute approximate surface area is 116 Å². The molecule has 1 heterocycles. The largest absolute Gasteiger partial charge is 0.394 e. The van der Waals surface area contributed by atoms with Crippen molar-refractivity contribution < 1.29 is 9.84 Å². The van der Waals surface area contributed by atoms with Crippen LogP contribution >= 0.6 is 0 Å². The van der Waals surface area contributed by atoms with E-state index in [4.69, 9.17) is 4.74 Å². The van der Waals surface area contributed by atoms with Crippen LogP contribution in [0.1, 0.15) is 38.3 Å². The Bertz CT molecular complexity index is 366. The molecule has 0 aromatic heterocycles. The van der Waals surface area contributed by atoms with Gasteiger partial charge in [0, 0.05) is 12.6 Å². The fourth-order valence-electron chi connectivity index (χ4n) is 2.67. The first-order chi connectivity index (χ1) is 9.20. The SMILES string of the molecule is CC(C)C1CC(N[C@@H](CO)c2ccccc2)CCO1. The van der Waals surface area contributed by atoms with Crippen LogP contribution in [0.3, 0.4) is 0 Å². The third-order valence-electron chi connectivity index (χ3n) is 3.88. The molecule has 2 N–H and O–H groups in total. The van der Waals surface area contributed by atoms with Crippen molar-refractivity contribution in [1.82, 2.24) is 5.32 Å². The van der Waals surface area contributed by atoms with Crippen LogP contribution in [-0.2, 0) is 4.74 Å². The Morgan fingerprint density at radius 2 is 2.05 bits per heavy atom. The summed E-state index contributed by atoms with van der Waals surface area (Å²) in [6.07, 6.45) is 2.38. The summed E-state index contributed by atoms with van der Waals surface area (Å²) in [5.74, 6) is 0.550. The molecule has 2 unspecified atom stereocenters. The fraction of sp³-hybridized carbons (Fsp3) is 0.625. The molecule has 1 saturated heterocycles. The third kappa shape index (κ3) is 4.03. The van der Waals surface area contributed by atoms with Gasteiger partial charge in [-0.15, -0.1) is 0 Å². The quantitative estimate of drug-likeness (QED) is 0.857. The molecule has 1 aliphatic rings. The van der Waals surface area contributed by atoms with Crippen LogP contribution in [0.2, 0.25) is 0 Å². The lowest BCUT2D eigenvalue weighted by Crippen LogP contribution is -2.43. The molecule has 0 radical (unpaired) electrons. The van der Waals surface area contributed by atoms with Gasteiger partial charge < -0.3 is 15.2 Å². The molecule has 2 rings (SSSR count). The van der Waals surface area contributed by atoms with Gasteiger partial charge in [0.05, 0.1) is 18.8 Å². The molecule has 106 valence electrons. The van der Waals surface area contributed by atoms with Gasteiger partial charge >= 0.3 is 0 Å². The molecule has 0 saturated carbocycles. The minimum absolute atomic E-state index is 0.0251.